The van der Waals surface area contributed by atoms with E-state index in [0.717, 1.165) is 24.4 Å². The van der Waals surface area contributed by atoms with E-state index in [-0.39, 0.29) is 21.2 Å². The van der Waals surface area contributed by atoms with Crippen molar-refractivity contribution in [1.82, 2.24) is 18.4 Å². The Kier molecular flexibility index (Phi) is 6.44. The molecule has 1 atom stereocenters. The molecule has 0 bridgehead atoms. The van der Waals surface area contributed by atoms with Gasteiger partial charge in [0.25, 0.3) is 5.91 Å². The van der Waals surface area contributed by atoms with Gasteiger partial charge in [0.2, 0.25) is 0 Å². The van der Waals surface area contributed by atoms with Crippen LogP contribution in [0.4, 0.5) is 27.6 Å². The molecule has 1 amide bonds. The van der Waals surface area contributed by atoms with Gasteiger partial charge in [0.15, 0.2) is 0 Å². The standard InChI is InChI=1S/C21H20F5N5O3S/c1-29(12-21(24,25)26)35(33,34)28-20(32)18-10-27-19-7-5-14(11-31(18)19)30-8-2-3-17(30)15-9-13(22)4-6-16(15)23/h4-7,9-11,17H,2-3,8,12H2,1H3,(H,28,32)/t17-/m1/s1. The average molecular weight is 517 g/mol. The lowest BCUT2D eigenvalue weighted by Crippen LogP contribution is -2.45. The van der Waals surface area contributed by atoms with Crippen molar-refractivity contribution in [3.8, 4) is 0 Å². The molecule has 1 saturated heterocycles. The van der Waals surface area contributed by atoms with Crippen molar-refractivity contribution in [3.05, 3.63) is 65.6 Å². The molecule has 1 aromatic carbocycles. The van der Waals surface area contributed by atoms with Gasteiger partial charge in [-0.1, -0.05) is 0 Å². The van der Waals surface area contributed by atoms with Gasteiger partial charge in [0, 0.05) is 25.4 Å². The lowest BCUT2D eigenvalue weighted by molar-refractivity contribution is -0.134. The Morgan fingerprint density at radius 3 is 2.69 bits per heavy atom. The Bertz CT molecular complexity index is 1380. The number of nitrogens with one attached hydrogen (secondary N) is 1. The fraction of sp³-hybridized carbons (Fsp3) is 0.333. The Balaban J connectivity index is 1.63. The van der Waals surface area contributed by atoms with E-state index in [0.29, 0.717) is 32.1 Å². The molecule has 188 valence electrons. The third kappa shape index (κ3) is 5.22. The van der Waals surface area contributed by atoms with Gasteiger partial charge in [-0.3, -0.25) is 9.20 Å². The highest BCUT2D eigenvalue weighted by Crippen LogP contribution is 2.37. The number of hydrogen-bond donors (Lipinski definition) is 1. The van der Waals surface area contributed by atoms with E-state index in [1.807, 2.05) is 4.90 Å². The molecule has 1 fully saturated rings. The maximum atomic E-state index is 14.4. The number of carbonyl (C=O) groups is 1. The van der Waals surface area contributed by atoms with Crippen LogP contribution in [0.2, 0.25) is 0 Å². The molecule has 0 unspecified atom stereocenters. The van der Waals surface area contributed by atoms with E-state index in [9.17, 15) is 35.2 Å². The molecular weight excluding hydrogens is 497 g/mol. The molecule has 1 aliphatic heterocycles. The number of amides is 1. The molecule has 1 aliphatic rings. The highest BCUT2D eigenvalue weighted by Gasteiger charge is 2.35. The maximum Gasteiger partial charge on any atom is 0.402 e. The quantitative estimate of drug-likeness (QED) is 0.507. The van der Waals surface area contributed by atoms with Gasteiger partial charge < -0.3 is 4.90 Å². The zero-order chi connectivity index (χ0) is 25.5. The number of nitrogens with zero attached hydrogens (tertiary/aromatic N) is 4. The molecule has 14 heteroatoms. The topological polar surface area (TPSA) is 87.0 Å². The van der Waals surface area contributed by atoms with Gasteiger partial charge in [-0.05, 0) is 43.2 Å². The van der Waals surface area contributed by atoms with E-state index in [1.54, 1.807) is 16.9 Å². The number of hydrogen-bond acceptors (Lipinski definition) is 5. The predicted octanol–water partition coefficient (Wildman–Crippen LogP) is 3.42. The zero-order valence-corrected chi connectivity index (χ0v) is 19.1. The van der Waals surface area contributed by atoms with Crippen molar-refractivity contribution in [2.24, 2.45) is 0 Å². The molecular formula is C21H20F5N5O3S. The largest absolute Gasteiger partial charge is 0.402 e. The van der Waals surface area contributed by atoms with Crippen LogP contribution < -0.4 is 9.62 Å². The number of pyridine rings is 1. The van der Waals surface area contributed by atoms with Gasteiger partial charge in [-0.2, -0.15) is 25.9 Å². The summed E-state index contributed by atoms with van der Waals surface area (Å²) in [5.74, 6) is -2.31. The molecule has 0 radical (unpaired) electrons. The maximum absolute atomic E-state index is 14.4. The van der Waals surface area contributed by atoms with Crippen LogP contribution in [0.15, 0.2) is 42.7 Å². The average Bonchev–Trinajstić information content (AvgIpc) is 3.40. The highest BCUT2D eigenvalue weighted by atomic mass is 32.2. The summed E-state index contributed by atoms with van der Waals surface area (Å²) in [6.45, 7) is -1.27. The number of carbonyl (C=O) groups excluding carboxylic acids is 1. The van der Waals surface area contributed by atoms with Crippen LogP contribution in [0.3, 0.4) is 0 Å². The first-order valence-electron chi connectivity index (χ1n) is 10.4. The van der Waals surface area contributed by atoms with Gasteiger partial charge in [0.1, 0.15) is 29.5 Å². The molecule has 0 aliphatic carbocycles. The van der Waals surface area contributed by atoms with E-state index in [1.165, 1.54) is 10.6 Å². The first kappa shape index (κ1) is 24.9. The van der Waals surface area contributed by atoms with Crippen molar-refractivity contribution in [3.63, 3.8) is 0 Å². The molecule has 3 aromatic rings. The highest BCUT2D eigenvalue weighted by molar-refractivity contribution is 7.87. The number of fused-ring (bicyclic) bond motifs is 1. The van der Waals surface area contributed by atoms with Crippen molar-refractivity contribution < 1.29 is 35.2 Å². The minimum Gasteiger partial charge on any atom is -0.363 e. The number of benzene rings is 1. The Morgan fingerprint density at radius 1 is 1.23 bits per heavy atom. The summed E-state index contributed by atoms with van der Waals surface area (Å²) >= 11 is 0. The first-order chi connectivity index (χ1) is 16.4. The number of anilines is 1. The van der Waals surface area contributed by atoms with Crippen LogP contribution >= 0.6 is 0 Å². The second-order valence-electron chi connectivity index (χ2n) is 8.08. The summed E-state index contributed by atoms with van der Waals surface area (Å²) in [4.78, 5) is 18.5. The summed E-state index contributed by atoms with van der Waals surface area (Å²) in [5.41, 5.74) is 0.754. The third-order valence-corrected chi connectivity index (χ3v) is 7.05. The summed E-state index contributed by atoms with van der Waals surface area (Å²) < 4.78 is 93.1. The number of halogens is 5. The fourth-order valence-corrected chi connectivity index (χ4v) is 4.87. The van der Waals surface area contributed by atoms with E-state index < -0.39 is 46.5 Å². The number of aromatic nitrogens is 2. The monoisotopic (exact) mass is 517 g/mol. The van der Waals surface area contributed by atoms with E-state index in [2.05, 4.69) is 4.98 Å². The minimum absolute atomic E-state index is 0.0259. The van der Waals surface area contributed by atoms with Crippen LogP contribution in [-0.2, 0) is 10.2 Å². The molecule has 1 N–H and O–H groups in total. The zero-order valence-electron chi connectivity index (χ0n) is 18.3. The van der Waals surface area contributed by atoms with Crippen LogP contribution in [0.5, 0.6) is 0 Å². The van der Waals surface area contributed by atoms with Crippen LogP contribution in [0.25, 0.3) is 5.65 Å². The summed E-state index contributed by atoms with van der Waals surface area (Å²) in [6.07, 6.45) is -0.975. The first-order valence-corrected chi connectivity index (χ1v) is 11.8. The third-order valence-electron chi connectivity index (χ3n) is 5.66. The second-order valence-corrected chi connectivity index (χ2v) is 9.86. The summed E-state index contributed by atoms with van der Waals surface area (Å²) in [7, 11) is -4.09. The lowest BCUT2D eigenvalue weighted by atomic mass is 10.0. The Hall–Kier alpha value is -3.26. The molecule has 3 heterocycles. The van der Waals surface area contributed by atoms with E-state index >= 15 is 0 Å². The second kappa shape index (κ2) is 9.07. The van der Waals surface area contributed by atoms with Crippen LogP contribution in [0, 0.1) is 11.6 Å². The van der Waals surface area contributed by atoms with E-state index in [4.69, 9.17) is 0 Å². The van der Waals surface area contributed by atoms with Crippen molar-refractivity contribution in [2.75, 3.05) is 25.0 Å². The Morgan fingerprint density at radius 2 is 1.97 bits per heavy atom. The van der Waals surface area contributed by atoms with Crippen molar-refractivity contribution >= 4 is 27.5 Å². The summed E-state index contributed by atoms with van der Waals surface area (Å²) in [6, 6.07) is 5.97. The van der Waals surface area contributed by atoms with Crippen molar-refractivity contribution in [1.29, 1.82) is 0 Å². The number of rotatable bonds is 6. The lowest BCUT2D eigenvalue weighted by Gasteiger charge is -2.27. The molecule has 2 aromatic heterocycles. The SMILES string of the molecule is CN(CC(F)(F)F)S(=O)(=O)NC(=O)c1cnc2ccc(N3CCC[C@@H]3c3cc(F)ccc3F)cn12. The summed E-state index contributed by atoms with van der Waals surface area (Å²) in [5, 5.41) is 0. The Labute approximate surface area is 197 Å². The number of imidazole rings is 1. The molecule has 0 saturated carbocycles. The molecule has 35 heavy (non-hydrogen) atoms. The minimum atomic E-state index is -4.79. The van der Waals surface area contributed by atoms with Crippen LogP contribution in [0.1, 0.15) is 34.9 Å². The molecule has 4 rings (SSSR count). The van der Waals surface area contributed by atoms with Gasteiger partial charge >= 0.3 is 16.4 Å². The number of alkyl halides is 3. The van der Waals surface area contributed by atoms with Gasteiger partial charge in [-0.15, -0.1) is 0 Å². The van der Waals surface area contributed by atoms with Crippen molar-refractivity contribution in [2.45, 2.75) is 25.1 Å². The predicted molar refractivity (Wildman–Crippen MR) is 116 cm³/mol. The smallest absolute Gasteiger partial charge is 0.363 e. The normalized spacial score (nSPS) is 16.9. The fourth-order valence-electron chi connectivity index (χ4n) is 4.06. The van der Waals surface area contributed by atoms with Crippen LogP contribution in [-0.4, -0.2) is 54.3 Å². The van der Waals surface area contributed by atoms with Gasteiger partial charge in [-0.25, -0.2) is 18.5 Å². The molecule has 8 nitrogen and oxygen atoms in total. The van der Waals surface area contributed by atoms with Gasteiger partial charge in [0.05, 0.1) is 17.9 Å². The molecule has 0 spiro atoms.